The van der Waals surface area contributed by atoms with Crippen LogP contribution in [0.1, 0.15) is 23.7 Å². The van der Waals surface area contributed by atoms with Crippen LogP contribution in [0.25, 0.3) is 10.8 Å². The summed E-state index contributed by atoms with van der Waals surface area (Å²) in [5, 5.41) is 16.9. The Bertz CT molecular complexity index is 658. The topological polar surface area (TPSA) is 20.2 Å². The van der Waals surface area contributed by atoms with Gasteiger partial charge in [0.2, 0.25) is 0 Å². The van der Waals surface area contributed by atoms with E-state index in [4.69, 9.17) is 0 Å². The molecule has 1 nitrogen and oxygen atoms in total. The number of aliphatic hydroxyl groups is 1. The van der Waals surface area contributed by atoms with E-state index in [0.717, 1.165) is 18.4 Å². The van der Waals surface area contributed by atoms with E-state index in [2.05, 4.69) is 41.1 Å². The molecule has 0 spiro atoms. The van der Waals surface area contributed by atoms with E-state index < -0.39 is 0 Å². The predicted octanol–water partition coefficient (Wildman–Crippen LogP) is 4.57. The van der Waals surface area contributed by atoms with Crippen molar-refractivity contribution in [2.24, 2.45) is 0 Å². The summed E-state index contributed by atoms with van der Waals surface area (Å²) < 4.78 is 0. The van der Waals surface area contributed by atoms with Crippen LogP contribution >= 0.6 is 11.3 Å². The number of hydrogen-bond donors (Lipinski definition) is 1. The smallest absolute Gasteiger partial charge is 0.0793 e. The molecule has 0 amide bonds. The van der Waals surface area contributed by atoms with Crippen LogP contribution in [0, 0.1) is 0 Å². The predicted molar refractivity (Wildman–Crippen MR) is 81.5 cm³/mol. The molecule has 19 heavy (non-hydrogen) atoms. The normalized spacial score (nSPS) is 12.7. The molecule has 0 fully saturated rings. The number of fused-ring (bicyclic) bond motifs is 1. The van der Waals surface area contributed by atoms with Crippen molar-refractivity contribution < 1.29 is 5.11 Å². The third-order valence-electron chi connectivity index (χ3n) is 3.44. The molecule has 1 unspecified atom stereocenters. The highest BCUT2D eigenvalue weighted by Crippen LogP contribution is 2.24. The van der Waals surface area contributed by atoms with Crippen molar-refractivity contribution in [2.45, 2.75) is 18.9 Å². The molecule has 3 aromatic rings. The van der Waals surface area contributed by atoms with E-state index in [1.807, 2.05) is 18.2 Å². The lowest BCUT2D eigenvalue weighted by atomic mass is 9.99. The van der Waals surface area contributed by atoms with Gasteiger partial charge in [-0.05, 0) is 57.6 Å². The van der Waals surface area contributed by atoms with Gasteiger partial charge in [-0.25, -0.2) is 0 Å². The second-order valence-electron chi connectivity index (χ2n) is 4.79. The first-order valence-electron chi connectivity index (χ1n) is 6.51. The average Bonchev–Trinajstić information content (AvgIpc) is 2.97. The first-order valence-corrected chi connectivity index (χ1v) is 7.45. The molecule has 1 N–H and O–H groups in total. The third kappa shape index (κ3) is 2.86. The Morgan fingerprint density at radius 3 is 2.63 bits per heavy atom. The van der Waals surface area contributed by atoms with Crippen LogP contribution in [0.2, 0.25) is 0 Å². The minimum Gasteiger partial charge on any atom is -0.388 e. The van der Waals surface area contributed by atoms with Gasteiger partial charge >= 0.3 is 0 Å². The highest BCUT2D eigenvalue weighted by molar-refractivity contribution is 7.07. The summed E-state index contributed by atoms with van der Waals surface area (Å²) in [7, 11) is 0. The SMILES string of the molecule is OC(CCc1ccsc1)c1ccc2ccccc2c1. The average molecular weight is 268 g/mol. The maximum Gasteiger partial charge on any atom is 0.0793 e. The van der Waals surface area contributed by atoms with Gasteiger partial charge in [0.05, 0.1) is 6.10 Å². The van der Waals surface area contributed by atoms with Gasteiger partial charge in [0, 0.05) is 0 Å². The molecule has 0 radical (unpaired) electrons. The van der Waals surface area contributed by atoms with E-state index >= 15 is 0 Å². The molecule has 3 rings (SSSR count). The summed E-state index contributed by atoms with van der Waals surface area (Å²) in [6.45, 7) is 0. The number of aryl methyl sites for hydroxylation is 1. The van der Waals surface area contributed by atoms with Crippen LogP contribution in [0.15, 0.2) is 59.3 Å². The molecule has 96 valence electrons. The molecule has 0 saturated carbocycles. The van der Waals surface area contributed by atoms with E-state index in [1.165, 1.54) is 16.3 Å². The molecule has 2 aromatic carbocycles. The Morgan fingerprint density at radius 2 is 1.84 bits per heavy atom. The molecule has 0 aliphatic heterocycles. The summed E-state index contributed by atoms with van der Waals surface area (Å²) in [5.74, 6) is 0. The van der Waals surface area contributed by atoms with Crippen molar-refractivity contribution in [1.82, 2.24) is 0 Å². The van der Waals surface area contributed by atoms with Gasteiger partial charge in [0.1, 0.15) is 0 Å². The maximum absolute atomic E-state index is 10.3. The molecule has 0 bridgehead atoms. The van der Waals surface area contributed by atoms with Crippen molar-refractivity contribution in [3.63, 3.8) is 0 Å². The van der Waals surface area contributed by atoms with E-state index in [-0.39, 0.29) is 6.10 Å². The monoisotopic (exact) mass is 268 g/mol. The standard InChI is InChI=1S/C17H16OS/c18-17(8-5-13-9-10-19-12-13)16-7-6-14-3-1-2-4-15(14)11-16/h1-4,6-7,9-12,17-18H,5,8H2. The lowest BCUT2D eigenvalue weighted by Gasteiger charge is -2.11. The Balaban J connectivity index is 1.75. The Kier molecular flexibility index (Phi) is 3.62. The van der Waals surface area contributed by atoms with Crippen molar-refractivity contribution in [1.29, 1.82) is 0 Å². The van der Waals surface area contributed by atoms with Gasteiger partial charge < -0.3 is 5.11 Å². The lowest BCUT2D eigenvalue weighted by Crippen LogP contribution is -1.99. The fraction of sp³-hybridized carbons (Fsp3) is 0.176. The number of thiophene rings is 1. The number of aliphatic hydroxyl groups excluding tert-OH is 1. The molecule has 1 atom stereocenters. The molecule has 1 heterocycles. The molecular formula is C17H16OS. The lowest BCUT2D eigenvalue weighted by molar-refractivity contribution is 0.168. The number of benzene rings is 2. The summed E-state index contributed by atoms with van der Waals surface area (Å²) in [6, 6.07) is 16.6. The van der Waals surface area contributed by atoms with Crippen molar-refractivity contribution >= 4 is 22.1 Å². The summed E-state index contributed by atoms with van der Waals surface area (Å²) >= 11 is 1.71. The Hall–Kier alpha value is -1.64. The fourth-order valence-corrected chi connectivity index (χ4v) is 3.02. The Labute approximate surface area is 117 Å². The first-order chi connectivity index (χ1) is 9.33. The van der Waals surface area contributed by atoms with Crippen molar-refractivity contribution in [3.8, 4) is 0 Å². The molecule has 2 heteroatoms. The van der Waals surface area contributed by atoms with Crippen LogP contribution in [-0.2, 0) is 6.42 Å². The van der Waals surface area contributed by atoms with E-state index in [0.29, 0.717) is 0 Å². The van der Waals surface area contributed by atoms with Crippen LogP contribution in [0.3, 0.4) is 0 Å². The highest BCUT2D eigenvalue weighted by Gasteiger charge is 2.08. The minimum absolute atomic E-state index is 0.385. The minimum atomic E-state index is -0.385. The quantitative estimate of drug-likeness (QED) is 0.735. The zero-order valence-corrected chi connectivity index (χ0v) is 11.4. The zero-order valence-electron chi connectivity index (χ0n) is 10.6. The number of rotatable bonds is 4. The largest absolute Gasteiger partial charge is 0.388 e. The molecule has 0 aliphatic rings. The van der Waals surface area contributed by atoms with Gasteiger partial charge in [-0.3, -0.25) is 0 Å². The van der Waals surface area contributed by atoms with Crippen LogP contribution < -0.4 is 0 Å². The molecule has 0 aliphatic carbocycles. The molecular weight excluding hydrogens is 252 g/mol. The van der Waals surface area contributed by atoms with Gasteiger partial charge in [0.25, 0.3) is 0 Å². The fourth-order valence-electron chi connectivity index (χ4n) is 2.32. The second kappa shape index (κ2) is 5.55. The van der Waals surface area contributed by atoms with Gasteiger partial charge in [-0.1, -0.05) is 36.4 Å². The van der Waals surface area contributed by atoms with Crippen LogP contribution in [0.5, 0.6) is 0 Å². The highest BCUT2D eigenvalue weighted by atomic mass is 32.1. The summed E-state index contributed by atoms with van der Waals surface area (Å²) in [4.78, 5) is 0. The third-order valence-corrected chi connectivity index (χ3v) is 4.18. The van der Waals surface area contributed by atoms with E-state index in [1.54, 1.807) is 11.3 Å². The van der Waals surface area contributed by atoms with Gasteiger partial charge in [0.15, 0.2) is 0 Å². The zero-order chi connectivity index (χ0) is 13.1. The van der Waals surface area contributed by atoms with Crippen molar-refractivity contribution in [3.05, 3.63) is 70.4 Å². The maximum atomic E-state index is 10.3. The van der Waals surface area contributed by atoms with Crippen LogP contribution in [-0.4, -0.2) is 5.11 Å². The summed E-state index contributed by atoms with van der Waals surface area (Å²) in [5.41, 5.74) is 2.32. The number of hydrogen-bond acceptors (Lipinski definition) is 2. The Morgan fingerprint density at radius 1 is 1.00 bits per heavy atom. The second-order valence-corrected chi connectivity index (χ2v) is 5.57. The van der Waals surface area contributed by atoms with Crippen LogP contribution in [0.4, 0.5) is 0 Å². The molecule has 1 aromatic heterocycles. The first kappa shape index (κ1) is 12.4. The van der Waals surface area contributed by atoms with E-state index in [9.17, 15) is 5.11 Å². The molecule has 0 saturated heterocycles. The van der Waals surface area contributed by atoms with Gasteiger partial charge in [-0.15, -0.1) is 0 Å². The summed E-state index contributed by atoms with van der Waals surface area (Å²) in [6.07, 6.45) is 1.32. The van der Waals surface area contributed by atoms with Crippen molar-refractivity contribution in [2.75, 3.05) is 0 Å². The van der Waals surface area contributed by atoms with Gasteiger partial charge in [-0.2, -0.15) is 11.3 Å².